The van der Waals surface area contributed by atoms with E-state index in [0.717, 1.165) is 24.0 Å². The molecule has 0 aliphatic heterocycles. The molecule has 2 aromatic rings. The number of benzene rings is 1. The van der Waals surface area contributed by atoms with E-state index in [1.807, 2.05) is 19.9 Å². The van der Waals surface area contributed by atoms with Crippen LogP contribution >= 0.6 is 0 Å². The Morgan fingerprint density at radius 3 is 2.45 bits per heavy atom. The third kappa shape index (κ3) is 3.29. The molecule has 0 saturated carbocycles. The van der Waals surface area contributed by atoms with Crippen molar-refractivity contribution in [1.29, 1.82) is 0 Å². The van der Waals surface area contributed by atoms with E-state index < -0.39 is 0 Å². The first-order valence-electron chi connectivity index (χ1n) is 6.93. The number of pyridine rings is 1. The Bertz CT molecular complexity index is 579. The molecule has 3 heteroatoms. The van der Waals surface area contributed by atoms with Crippen LogP contribution < -0.4 is 4.74 Å². The van der Waals surface area contributed by atoms with Gasteiger partial charge >= 0.3 is 0 Å². The Labute approximate surface area is 120 Å². The molecule has 0 aliphatic rings. The summed E-state index contributed by atoms with van der Waals surface area (Å²) in [7, 11) is 0. The largest absolute Gasteiger partial charge is 0.506 e. The minimum atomic E-state index is 0.263. The number of aromatic nitrogens is 1. The molecule has 106 valence electrons. The lowest BCUT2D eigenvalue weighted by molar-refractivity contribution is 0.295. The fraction of sp³-hybridized carbons (Fsp3) is 0.353. The van der Waals surface area contributed by atoms with Crippen LogP contribution in [0.5, 0.6) is 11.6 Å². The second-order valence-corrected chi connectivity index (χ2v) is 5.04. The van der Waals surface area contributed by atoms with Gasteiger partial charge in [0.2, 0.25) is 5.88 Å². The first kappa shape index (κ1) is 14.4. The molecule has 3 nitrogen and oxygen atoms in total. The Kier molecular flexibility index (Phi) is 4.61. The van der Waals surface area contributed by atoms with Crippen molar-refractivity contribution in [3.8, 4) is 11.6 Å². The van der Waals surface area contributed by atoms with Gasteiger partial charge in [-0.1, -0.05) is 30.3 Å². The van der Waals surface area contributed by atoms with E-state index in [9.17, 15) is 5.11 Å². The summed E-state index contributed by atoms with van der Waals surface area (Å²) in [4.78, 5) is 4.31. The molecule has 20 heavy (non-hydrogen) atoms. The summed E-state index contributed by atoms with van der Waals surface area (Å²) < 4.78 is 5.75. The van der Waals surface area contributed by atoms with Gasteiger partial charge in [0.05, 0.1) is 12.3 Å². The number of hydrogen-bond acceptors (Lipinski definition) is 3. The highest BCUT2D eigenvalue weighted by atomic mass is 16.5. The lowest BCUT2D eigenvalue weighted by atomic mass is 10.1. The van der Waals surface area contributed by atoms with Gasteiger partial charge in [0.1, 0.15) is 5.75 Å². The Morgan fingerprint density at radius 2 is 1.75 bits per heavy atom. The average molecular weight is 271 g/mol. The van der Waals surface area contributed by atoms with Crippen LogP contribution in [0.1, 0.15) is 28.8 Å². The molecule has 2 rings (SSSR count). The first-order valence-corrected chi connectivity index (χ1v) is 6.93. The molecule has 1 aromatic carbocycles. The molecule has 1 N–H and O–H groups in total. The summed E-state index contributed by atoms with van der Waals surface area (Å²) in [6.45, 7) is 6.23. The van der Waals surface area contributed by atoms with Crippen molar-refractivity contribution in [3.63, 3.8) is 0 Å². The molecule has 0 fully saturated rings. The normalized spacial score (nSPS) is 10.6. The molecular weight excluding hydrogens is 250 g/mol. The van der Waals surface area contributed by atoms with E-state index in [1.165, 1.54) is 5.56 Å². The number of aryl methyl sites for hydroxylation is 2. The van der Waals surface area contributed by atoms with Crippen LogP contribution in [0.25, 0.3) is 0 Å². The fourth-order valence-electron chi connectivity index (χ4n) is 2.13. The second-order valence-electron chi connectivity index (χ2n) is 5.04. The molecule has 0 amide bonds. The Balaban J connectivity index is 1.92. The van der Waals surface area contributed by atoms with Crippen LogP contribution in [0.15, 0.2) is 30.3 Å². The summed E-state index contributed by atoms with van der Waals surface area (Å²) in [5.41, 5.74) is 3.69. The third-order valence-electron chi connectivity index (χ3n) is 3.54. The topological polar surface area (TPSA) is 42.4 Å². The highest BCUT2D eigenvalue weighted by molar-refractivity contribution is 5.45. The molecule has 0 radical (unpaired) electrons. The van der Waals surface area contributed by atoms with E-state index in [1.54, 1.807) is 6.92 Å². The molecule has 1 aromatic heterocycles. The highest BCUT2D eigenvalue weighted by Crippen LogP contribution is 2.28. The lowest BCUT2D eigenvalue weighted by Gasteiger charge is -2.12. The standard InChI is InChI=1S/C17H21NO2/c1-12-13(2)17(18-14(3)16(12)19)20-11-7-10-15-8-5-4-6-9-15/h4-6,8-9,19H,7,10-11H2,1-3H3. The number of nitrogens with zero attached hydrogens (tertiary/aromatic N) is 1. The summed E-state index contributed by atoms with van der Waals surface area (Å²) >= 11 is 0. The molecule has 0 saturated heterocycles. The van der Waals surface area contributed by atoms with Crippen molar-refractivity contribution in [2.24, 2.45) is 0 Å². The Morgan fingerprint density at radius 1 is 1.05 bits per heavy atom. The maximum Gasteiger partial charge on any atom is 0.216 e. The zero-order valence-corrected chi connectivity index (χ0v) is 12.3. The summed E-state index contributed by atoms with van der Waals surface area (Å²) in [6, 6.07) is 10.4. The SMILES string of the molecule is Cc1nc(OCCCc2ccccc2)c(C)c(C)c1O. The lowest BCUT2D eigenvalue weighted by Crippen LogP contribution is -2.04. The minimum absolute atomic E-state index is 0.263. The molecule has 0 unspecified atom stereocenters. The van der Waals surface area contributed by atoms with Gasteiger partial charge in [-0.25, -0.2) is 4.98 Å². The first-order chi connectivity index (χ1) is 9.59. The molecule has 0 atom stereocenters. The zero-order chi connectivity index (χ0) is 14.5. The number of ether oxygens (including phenoxy) is 1. The van der Waals surface area contributed by atoms with Crippen LogP contribution in [0.3, 0.4) is 0 Å². The van der Waals surface area contributed by atoms with E-state index in [4.69, 9.17) is 4.74 Å². The quantitative estimate of drug-likeness (QED) is 0.843. The van der Waals surface area contributed by atoms with Crippen LogP contribution in [0, 0.1) is 20.8 Å². The fourth-order valence-corrected chi connectivity index (χ4v) is 2.13. The van der Waals surface area contributed by atoms with Crippen molar-refractivity contribution in [1.82, 2.24) is 4.98 Å². The van der Waals surface area contributed by atoms with Gasteiger partial charge in [0, 0.05) is 11.1 Å². The minimum Gasteiger partial charge on any atom is -0.506 e. The molecular formula is C17H21NO2. The maximum absolute atomic E-state index is 9.81. The highest BCUT2D eigenvalue weighted by Gasteiger charge is 2.11. The average Bonchev–Trinajstić information content (AvgIpc) is 2.47. The number of hydrogen-bond donors (Lipinski definition) is 1. The van der Waals surface area contributed by atoms with Crippen molar-refractivity contribution < 1.29 is 9.84 Å². The second kappa shape index (κ2) is 6.42. The van der Waals surface area contributed by atoms with E-state index >= 15 is 0 Å². The monoisotopic (exact) mass is 271 g/mol. The number of aromatic hydroxyl groups is 1. The van der Waals surface area contributed by atoms with Gasteiger partial charge in [-0.2, -0.15) is 0 Å². The van der Waals surface area contributed by atoms with E-state index in [0.29, 0.717) is 18.2 Å². The van der Waals surface area contributed by atoms with Crippen molar-refractivity contribution in [2.75, 3.05) is 6.61 Å². The summed E-state index contributed by atoms with van der Waals surface area (Å²) in [5.74, 6) is 0.894. The number of rotatable bonds is 5. The van der Waals surface area contributed by atoms with Gasteiger partial charge in [0.25, 0.3) is 0 Å². The van der Waals surface area contributed by atoms with Gasteiger partial charge in [-0.3, -0.25) is 0 Å². The van der Waals surface area contributed by atoms with Crippen LogP contribution in [0.2, 0.25) is 0 Å². The Hall–Kier alpha value is -2.03. The summed E-state index contributed by atoms with van der Waals surface area (Å²) in [5, 5.41) is 9.81. The predicted octanol–water partition coefficient (Wildman–Crippen LogP) is 3.72. The molecule has 1 heterocycles. The van der Waals surface area contributed by atoms with Crippen molar-refractivity contribution >= 4 is 0 Å². The van der Waals surface area contributed by atoms with E-state index in [-0.39, 0.29) is 5.75 Å². The third-order valence-corrected chi connectivity index (χ3v) is 3.54. The zero-order valence-electron chi connectivity index (χ0n) is 12.3. The van der Waals surface area contributed by atoms with Gasteiger partial charge in [0.15, 0.2) is 0 Å². The van der Waals surface area contributed by atoms with Crippen LogP contribution in [0.4, 0.5) is 0 Å². The van der Waals surface area contributed by atoms with Crippen LogP contribution in [-0.2, 0) is 6.42 Å². The van der Waals surface area contributed by atoms with Crippen LogP contribution in [-0.4, -0.2) is 16.7 Å². The van der Waals surface area contributed by atoms with Crippen molar-refractivity contribution in [3.05, 3.63) is 52.7 Å². The molecule has 0 bridgehead atoms. The van der Waals surface area contributed by atoms with Gasteiger partial charge in [-0.05, 0) is 39.2 Å². The molecule has 0 aliphatic carbocycles. The predicted molar refractivity (Wildman–Crippen MR) is 80.4 cm³/mol. The van der Waals surface area contributed by atoms with E-state index in [2.05, 4.69) is 29.2 Å². The molecule has 0 spiro atoms. The summed E-state index contributed by atoms with van der Waals surface area (Å²) in [6.07, 6.45) is 1.94. The van der Waals surface area contributed by atoms with Gasteiger partial charge < -0.3 is 9.84 Å². The van der Waals surface area contributed by atoms with Crippen molar-refractivity contribution in [2.45, 2.75) is 33.6 Å². The maximum atomic E-state index is 9.81. The van der Waals surface area contributed by atoms with Gasteiger partial charge in [-0.15, -0.1) is 0 Å². The smallest absolute Gasteiger partial charge is 0.216 e.